The van der Waals surface area contributed by atoms with Gasteiger partial charge in [0.1, 0.15) is 5.75 Å². The fourth-order valence-electron chi connectivity index (χ4n) is 1.16. The maximum absolute atomic E-state index is 11.3. The highest BCUT2D eigenvalue weighted by atomic mass is 16.5. The normalized spacial score (nSPS) is 9.86. The molecule has 0 bridgehead atoms. The zero-order chi connectivity index (χ0) is 10.4. The molecule has 2 nitrogen and oxygen atoms in total. The van der Waals surface area contributed by atoms with Gasteiger partial charge in [-0.05, 0) is 30.7 Å². The predicted octanol–water partition coefficient (Wildman–Crippen LogP) is 3.07. The quantitative estimate of drug-likeness (QED) is 0.670. The first-order chi connectivity index (χ1) is 6.77. The molecular formula is C12H16O2. The van der Waals surface area contributed by atoms with Gasteiger partial charge in [-0.1, -0.05) is 13.8 Å². The van der Waals surface area contributed by atoms with E-state index < -0.39 is 0 Å². The lowest BCUT2D eigenvalue weighted by molar-refractivity contribution is 0.0988. The molecule has 14 heavy (non-hydrogen) atoms. The minimum atomic E-state index is 0.173. The molecule has 0 unspecified atom stereocenters. The summed E-state index contributed by atoms with van der Waals surface area (Å²) in [6.07, 6.45) is 1.55. The Kier molecular flexibility index (Phi) is 4.17. The summed E-state index contributed by atoms with van der Waals surface area (Å²) in [5.74, 6) is 1.01. The summed E-state index contributed by atoms with van der Waals surface area (Å²) in [6, 6.07) is 7.32. The van der Waals surface area contributed by atoms with Gasteiger partial charge in [-0.2, -0.15) is 0 Å². The van der Waals surface area contributed by atoms with Crippen molar-refractivity contribution in [3.8, 4) is 5.75 Å². The second-order valence-electron chi connectivity index (χ2n) is 3.15. The topological polar surface area (TPSA) is 26.3 Å². The van der Waals surface area contributed by atoms with E-state index in [1.807, 2.05) is 31.2 Å². The van der Waals surface area contributed by atoms with Crippen molar-refractivity contribution >= 4 is 5.78 Å². The Balaban J connectivity index is 2.63. The van der Waals surface area contributed by atoms with E-state index in [0.29, 0.717) is 6.42 Å². The van der Waals surface area contributed by atoms with Crippen molar-refractivity contribution in [2.45, 2.75) is 26.7 Å². The maximum atomic E-state index is 11.3. The molecule has 1 aromatic carbocycles. The van der Waals surface area contributed by atoms with Crippen molar-refractivity contribution in [1.82, 2.24) is 0 Å². The van der Waals surface area contributed by atoms with Crippen molar-refractivity contribution in [3.63, 3.8) is 0 Å². The fraction of sp³-hybridized carbons (Fsp3) is 0.417. The fourth-order valence-corrected chi connectivity index (χ4v) is 1.16. The molecule has 0 radical (unpaired) electrons. The van der Waals surface area contributed by atoms with Crippen molar-refractivity contribution in [2.24, 2.45) is 0 Å². The third-order valence-corrected chi connectivity index (χ3v) is 1.97. The van der Waals surface area contributed by atoms with E-state index in [1.54, 1.807) is 0 Å². The number of carbonyl (C=O) groups excluding carboxylic acids is 1. The molecule has 0 aliphatic heterocycles. The number of Topliss-reactive ketones (excluding diaryl/α,β-unsaturated/α-hetero) is 1. The van der Waals surface area contributed by atoms with Crippen molar-refractivity contribution < 1.29 is 9.53 Å². The highest BCUT2D eigenvalue weighted by Gasteiger charge is 2.02. The maximum Gasteiger partial charge on any atom is 0.162 e. The Morgan fingerprint density at radius 1 is 1.21 bits per heavy atom. The number of rotatable bonds is 5. The molecule has 0 heterocycles. The second-order valence-corrected chi connectivity index (χ2v) is 3.15. The number of ketones is 1. The molecule has 0 saturated heterocycles. The van der Waals surface area contributed by atoms with Crippen LogP contribution in [0.15, 0.2) is 24.3 Å². The van der Waals surface area contributed by atoms with Crippen LogP contribution in [-0.4, -0.2) is 12.4 Å². The van der Waals surface area contributed by atoms with E-state index in [4.69, 9.17) is 4.74 Å². The van der Waals surface area contributed by atoms with Gasteiger partial charge in [-0.25, -0.2) is 0 Å². The lowest BCUT2D eigenvalue weighted by Gasteiger charge is -2.04. The molecule has 0 saturated carbocycles. The Morgan fingerprint density at radius 2 is 1.86 bits per heavy atom. The number of hydrogen-bond donors (Lipinski definition) is 0. The van der Waals surface area contributed by atoms with Crippen LogP contribution in [0.2, 0.25) is 0 Å². The van der Waals surface area contributed by atoms with Gasteiger partial charge in [-0.15, -0.1) is 0 Å². The first-order valence-electron chi connectivity index (χ1n) is 5.04. The van der Waals surface area contributed by atoms with Gasteiger partial charge in [0.2, 0.25) is 0 Å². The average Bonchev–Trinajstić information content (AvgIpc) is 2.26. The summed E-state index contributed by atoms with van der Waals surface area (Å²) in [6.45, 7) is 4.65. The zero-order valence-corrected chi connectivity index (χ0v) is 8.75. The van der Waals surface area contributed by atoms with E-state index in [0.717, 1.165) is 24.3 Å². The number of hydrogen-bond acceptors (Lipinski definition) is 2. The Hall–Kier alpha value is -1.31. The van der Waals surface area contributed by atoms with Crippen molar-refractivity contribution in [1.29, 1.82) is 0 Å². The Labute approximate surface area is 84.9 Å². The van der Waals surface area contributed by atoms with Gasteiger partial charge < -0.3 is 4.74 Å². The zero-order valence-electron chi connectivity index (χ0n) is 8.75. The molecule has 0 aromatic heterocycles. The second kappa shape index (κ2) is 5.43. The molecule has 0 N–H and O–H groups in total. The molecule has 0 amide bonds. The van der Waals surface area contributed by atoms with Crippen LogP contribution >= 0.6 is 0 Å². The third-order valence-electron chi connectivity index (χ3n) is 1.97. The molecule has 2 heteroatoms. The molecule has 0 aliphatic carbocycles. The number of benzene rings is 1. The minimum Gasteiger partial charge on any atom is -0.494 e. The molecule has 1 rings (SSSR count). The minimum absolute atomic E-state index is 0.173. The average molecular weight is 192 g/mol. The van der Waals surface area contributed by atoms with Crippen molar-refractivity contribution in [3.05, 3.63) is 29.8 Å². The predicted molar refractivity (Wildman–Crippen MR) is 56.8 cm³/mol. The van der Waals surface area contributed by atoms with E-state index in [9.17, 15) is 4.79 Å². The van der Waals surface area contributed by atoms with Gasteiger partial charge in [0, 0.05) is 12.0 Å². The van der Waals surface area contributed by atoms with Gasteiger partial charge in [0.05, 0.1) is 6.61 Å². The first-order valence-corrected chi connectivity index (χ1v) is 5.04. The molecule has 0 atom stereocenters. The monoisotopic (exact) mass is 192 g/mol. The smallest absolute Gasteiger partial charge is 0.162 e. The van der Waals surface area contributed by atoms with Crippen LogP contribution in [0, 0.1) is 0 Å². The Morgan fingerprint density at radius 3 is 2.36 bits per heavy atom. The summed E-state index contributed by atoms with van der Waals surface area (Å²) in [5, 5.41) is 0. The van der Waals surface area contributed by atoms with Gasteiger partial charge in [0.15, 0.2) is 5.78 Å². The van der Waals surface area contributed by atoms with Gasteiger partial charge in [-0.3, -0.25) is 4.79 Å². The van der Waals surface area contributed by atoms with E-state index in [1.165, 1.54) is 0 Å². The summed E-state index contributed by atoms with van der Waals surface area (Å²) in [5.41, 5.74) is 0.761. The lowest BCUT2D eigenvalue weighted by Crippen LogP contribution is -1.98. The van der Waals surface area contributed by atoms with Crippen LogP contribution in [0.25, 0.3) is 0 Å². The van der Waals surface area contributed by atoms with Crippen molar-refractivity contribution in [2.75, 3.05) is 6.61 Å². The first kappa shape index (κ1) is 10.8. The standard InChI is InChI=1S/C12H16O2/c1-3-9-14-11-7-5-10(6-8-11)12(13)4-2/h5-8H,3-4,9H2,1-2H3. The lowest BCUT2D eigenvalue weighted by atomic mass is 10.1. The van der Waals surface area contributed by atoms with Crippen LogP contribution in [0.1, 0.15) is 37.0 Å². The number of carbonyl (C=O) groups is 1. The van der Waals surface area contributed by atoms with E-state index in [2.05, 4.69) is 6.92 Å². The van der Waals surface area contributed by atoms with Crippen LogP contribution in [-0.2, 0) is 0 Å². The van der Waals surface area contributed by atoms with Crippen LogP contribution in [0.5, 0.6) is 5.75 Å². The highest BCUT2D eigenvalue weighted by molar-refractivity contribution is 5.95. The van der Waals surface area contributed by atoms with E-state index >= 15 is 0 Å². The van der Waals surface area contributed by atoms with E-state index in [-0.39, 0.29) is 5.78 Å². The Bertz CT molecular complexity index is 288. The van der Waals surface area contributed by atoms with Gasteiger partial charge >= 0.3 is 0 Å². The summed E-state index contributed by atoms with van der Waals surface area (Å²) < 4.78 is 5.41. The largest absolute Gasteiger partial charge is 0.494 e. The molecular weight excluding hydrogens is 176 g/mol. The summed E-state index contributed by atoms with van der Waals surface area (Å²) in [4.78, 5) is 11.3. The molecule has 76 valence electrons. The van der Waals surface area contributed by atoms with Crippen LogP contribution in [0.4, 0.5) is 0 Å². The van der Waals surface area contributed by atoms with Crippen LogP contribution < -0.4 is 4.74 Å². The molecule has 1 aromatic rings. The van der Waals surface area contributed by atoms with Gasteiger partial charge in [0.25, 0.3) is 0 Å². The van der Waals surface area contributed by atoms with Crippen LogP contribution in [0.3, 0.4) is 0 Å². The molecule has 0 aliphatic rings. The highest BCUT2D eigenvalue weighted by Crippen LogP contribution is 2.13. The summed E-state index contributed by atoms with van der Waals surface area (Å²) in [7, 11) is 0. The summed E-state index contributed by atoms with van der Waals surface area (Å²) >= 11 is 0. The molecule has 0 spiro atoms. The molecule has 0 fully saturated rings. The number of ether oxygens (including phenoxy) is 1. The SMILES string of the molecule is CCCOc1ccc(C(=O)CC)cc1. The third kappa shape index (κ3) is 2.87.